The van der Waals surface area contributed by atoms with Crippen LogP contribution in [0.4, 0.5) is 5.95 Å². The SMILES string of the molecule is CCOc1nc(NC)nc(SC(C)CC)n1. The van der Waals surface area contributed by atoms with Crippen LogP contribution >= 0.6 is 11.8 Å². The van der Waals surface area contributed by atoms with Crippen LogP contribution in [0.3, 0.4) is 0 Å². The van der Waals surface area contributed by atoms with Gasteiger partial charge in [0.15, 0.2) is 5.16 Å². The fourth-order valence-electron chi connectivity index (χ4n) is 0.959. The first-order chi connectivity index (χ1) is 7.69. The molecule has 1 atom stereocenters. The highest BCUT2D eigenvalue weighted by molar-refractivity contribution is 7.99. The van der Waals surface area contributed by atoms with Crippen molar-refractivity contribution in [1.82, 2.24) is 15.0 Å². The second kappa shape index (κ2) is 6.52. The van der Waals surface area contributed by atoms with Gasteiger partial charge in [0.2, 0.25) is 5.95 Å². The van der Waals surface area contributed by atoms with Gasteiger partial charge in [-0.3, -0.25) is 0 Å². The predicted octanol–water partition coefficient (Wildman–Crippen LogP) is 2.20. The third-order valence-corrected chi connectivity index (χ3v) is 3.10. The fraction of sp³-hybridized carbons (Fsp3) is 0.700. The Morgan fingerprint density at radius 3 is 2.62 bits per heavy atom. The molecule has 90 valence electrons. The maximum Gasteiger partial charge on any atom is 0.322 e. The van der Waals surface area contributed by atoms with Crippen molar-refractivity contribution in [2.45, 2.75) is 37.6 Å². The van der Waals surface area contributed by atoms with Crippen molar-refractivity contribution in [3.63, 3.8) is 0 Å². The second-order valence-electron chi connectivity index (χ2n) is 3.24. The molecule has 0 radical (unpaired) electrons. The Kier molecular flexibility index (Phi) is 5.31. The van der Waals surface area contributed by atoms with Gasteiger partial charge in [0.05, 0.1) is 6.61 Å². The Morgan fingerprint density at radius 2 is 2.06 bits per heavy atom. The highest BCUT2D eigenvalue weighted by Crippen LogP contribution is 2.23. The van der Waals surface area contributed by atoms with Crippen molar-refractivity contribution in [2.24, 2.45) is 0 Å². The lowest BCUT2D eigenvalue weighted by atomic mass is 10.4. The molecule has 0 aliphatic rings. The highest BCUT2D eigenvalue weighted by Gasteiger charge is 2.09. The van der Waals surface area contributed by atoms with Crippen LogP contribution in [0.5, 0.6) is 6.01 Å². The quantitative estimate of drug-likeness (QED) is 0.772. The number of nitrogens with zero attached hydrogens (tertiary/aromatic N) is 3. The Balaban J connectivity index is 2.85. The van der Waals surface area contributed by atoms with Crippen LogP contribution < -0.4 is 10.1 Å². The van der Waals surface area contributed by atoms with Crippen LogP contribution in [-0.2, 0) is 0 Å². The van der Waals surface area contributed by atoms with Gasteiger partial charge in [-0.05, 0) is 13.3 Å². The summed E-state index contributed by atoms with van der Waals surface area (Å²) in [6.07, 6.45) is 1.08. The summed E-state index contributed by atoms with van der Waals surface area (Å²) < 4.78 is 5.29. The molecule has 6 heteroatoms. The van der Waals surface area contributed by atoms with Gasteiger partial charge in [-0.25, -0.2) is 0 Å². The van der Waals surface area contributed by atoms with E-state index in [2.05, 4.69) is 34.1 Å². The molecule has 1 aromatic heterocycles. The van der Waals surface area contributed by atoms with E-state index in [4.69, 9.17) is 4.74 Å². The number of aromatic nitrogens is 3. The number of hydrogen-bond acceptors (Lipinski definition) is 6. The number of rotatable bonds is 6. The monoisotopic (exact) mass is 242 g/mol. The van der Waals surface area contributed by atoms with Crippen molar-refractivity contribution in [3.05, 3.63) is 0 Å². The number of hydrogen-bond donors (Lipinski definition) is 1. The van der Waals surface area contributed by atoms with E-state index in [0.29, 0.717) is 29.0 Å². The zero-order valence-electron chi connectivity index (χ0n) is 10.1. The number of ether oxygens (including phenoxy) is 1. The van der Waals surface area contributed by atoms with Gasteiger partial charge in [0.25, 0.3) is 0 Å². The molecule has 0 spiro atoms. The Bertz CT molecular complexity index is 335. The van der Waals surface area contributed by atoms with Crippen LogP contribution in [-0.4, -0.2) is 33.9 Å². The summed E-state index contributed by atoms with van der Waals surface area (Å²) in [4.78, 5) is 12.6. The zero-order chi connectivity index (χ0) is 12.0. The summed E-state index contributed by atoms with van der Waals surface area (Å²) in [7, 11) is 1.78. The van der Waals surface area contributed by atoms with Crippen molar-refractivity contribution < 1.29 is 4.74 Å². The lowest BCUT2D eigenvalue weighted by molar-refractivity contribution is 0.308. The zero-order valence-corrected chi connectivity index (χ0v) is 11.0. The molecule has 5 nitrogen and oxygen atoms in total. The van der Waals surface area contributed by atoms with Gasteiger partial charge in [0, 0.05) is 12.3 Å². The van der Waals surface area contributed by atoms with Gasteiger partial charge in [-0.2, -0.15) is 15.0 Å². The molecule has 1 aromatic rings. The van der Waals surface area contributed by atoms with E-state index in [0.717, 1.165) is 6.42 Å². The fourth-order valence-corrected chi connectivity index (χ4v) is 1.76. The first kappa shape index (κ1) is 13.0. The summed E-state index contributed by atoms with van der Waals surface area (Å²) >= 11 is 1.63. The van der Waals surface area contributed by atoms with Gasteiger partial charge in [0.1, 0.15) is 0 Å². The maximum atomic E-state index is 5.29. The Hall–Kier alpha value is -1.04. The first-order valence-corrected chi connectivity index (χ1v) is 6.30. The molecular weight excluding hydrogens is 224 g/mol. The van der Waals surface area contributed by atoms with Gasteiger partial charge >= 0.3 is 6.01 Å². The van der Waals surface area contributed by atoms with Gasteiger partial charge in [-0.1, -0.05) is 25.6 Å². The second-order valence-corrected chi connectivity index (χ2v) is 4.65. The summed E-state index contributed by atoms with van der Waals surface area (Å²) in [5, 5.41) is 4.10. The molecule has 0 fully saturated rings. The van der Waals surface area contributed by atoms with Crippen molar-refractivity contribution >= 4 is 17.7 Å². The standard InChI is InChI=1S/C10H18N4OS/c1-5-7(3)16-10-13-8(11-4)12-9(14-10)15-6-2/h7H,5-6H2,1-4H3,(H,11,12,13,14). The summed E-state index contributed by atoms with van der Waals surface area (Å²) in [5.74, 6) is 0.546. The van der Waals surface area contributed by atoms with E-state index in [1.54, 1.807) is 18.8 Å². The third-order valence-electron chi connectivity index (χ3n) is 1.97. The Morgan fingerprint density at radius 1 is 1.31 bits per heavy atom. The molecule has 0 aromatic carbocycles. The van der Waals surface area contributed by atoms with Crippen molar-refractivity contribution in [2.75, 3.05) is 19.0 Å². The summed E-state index contributed by atoms with van der Waals surface area (Å²) in [6, 6.07) is 0.382. The average molecular weight is 242 g/mol. The number of nitrogens with one attached hydrogen (secondary N) is 1. The number of thioether (sulfide) groups is 1. The topological polar surface area (TPSA) is 59.9 Å². The van der Waals surface area contributed by atoms with E-state index in [1.165, 1.54) is 0 Å². The summed E-state index contributed by atoms with van der Waals surface area (Å²) in [5.41, 5.74) is 0. The van der Waals surface area contributed by atoms with E-state index in [9.17, 15) is 0 Å². The minimum atomic E-state index is 0.382. The third kappa shape index (κ3) is 3.84. The Labute approximate surface area is 100 Å². The minimum Gasteiger partial charge on any atom is -0.464 e. The molecule has 0 saturated heterocycles. The normalized spacial score (nSPS) is 12.2. The van der Waals surface area contributed by atoms with E-state index >= 15 is 0 Å². The molecule has 0 amide bonds. The molecule has 1 N–H and O–H groups in total. The minimum absolute atomic E-state index is 0.382. The van der Waals surface area contributed by atoms with Gasteiger partial charge in [-0.15, -0.1) is 0 Å². The van der Waals surface area contributed by atoms with Crippen molar-refractivity contribution in [1.29, 1.82) is 0 Å². The van der Waals surface area contributed by atoms with Crippen LogP contribution in [0.25, 0.3) is 0 Å². The molecule has 0 aliphatic heterocycles. The van der Waals surface area contributed by atoms with Gasteiger partial charge < -0.3 is 10.1 Å². The molecule has 1 rings (SSSR count). The molecular formula is C10H18N4OS. The number of anilines is 1. The van der Waals surface area contributed by atoms with Crippen molar-refractivity contribution in [3.8, 4) is 6.01 Å². The molecule has 16 heavy (non-hydrogen) atoms. The maximum absolute atomic E-state index is 5.29. The van der Waals surface area contributed by atoms with E-state index in [1.807, 2.05) is 6.92 Å². The van der Waals surface area contributed by atoms with Crippen LogP contribution in [0.15, 0.2) is 5.16 Å². The molecule has 1 heterocycles. The predicted molar refractivity (Wildman–Crippen MR) is 66.2 cm³/mol. The van der Waals surface area contributed by atoms with Crippen LogP contribution in [0.2, 0.25) is 0 Å². The van der Waals surface area contributed by atoms with Crippen LogP contribution in [0, 0.1) is 0 Å². The molecule has 0 aliphatic carbocycles. The molecule has 1 unspecified atom stereocenters. The summed E-state index contributed by atoms with van der Waals surface area (Å²) in [6.45, 7) is 6.75. The molecule has 0 saturated carbocycles. The van der Waals surface area contributed by atoms with Crippen LogP contribution in [0.1, 0.15) is 27.2 Å². The lowest BCUT2D eigenvalue weighted by Crippen LogP contribution is -2.06. The smallest absolute Gasteiger partial charge is 0.322 e. The lowest BCUT2D eigenvalue weighted by Gasteiger charge is -2.09. The first-order valence-electron chi connectivity index (χ1n) is 5.42. The van der Waals surface area contributed by atoms with E-state index < -0.39 is 0 Å². The average Bonchev–Trinajstić information content (AvgIpc) is 2.29. The highest BCUT2D eigenvalue weighted by atomic mass is 32.2. The molecule has 0 bridgehead atoms. The largest absolute Gasteiger partial charge is 0.464 e. The van der Waals surface area contributed by atoms with E-state index in [-0.39, 0.29) is 0 Å².